The van der Waals surface area contributed by atoms with Crippen LogP contribution in [-0.2, 0) is 32.7 Å². The van der Waals surface area contributed by atoms with Gasteiger partial charge in [-0.25, -0.2) is 0 Å². The second-order valence-corrected chi connectivity index (χ2v) is 2.97. The van der Waals surface area contributed by atoms with Crippen molar-refractivity contribution >= 4 is 0 Å². The van der Waals surface area contributed by atoms with Crippen LogP contribution in [0.1, 0.15) is 11.1 Å². The third-order valence-electron chi connectivity index (χ3n) is 1.93. The van der Waals surface area contributed by atoms with Crippen molar-refractivity contribution in [1.82, 2.24) is 0 Å². The van der Waals surface area contributed by atoms with E-state index in [2.05, 4.69) is 55.0 Å². The first-order chi connectivity index (χ1) is 6.45. The topological polar surface area (TPSA) is 0 Å². The molecule has 0 fully saturated rings. The zero-order valence-electron chi connectivity index (χ0n) is 7.93. The molecule has 2 aromatic rings. The summed E-state index contributed by atoms with van der Waals surface area (Å²) in [5.41, 5.74) is 2.49. The Balaban J connectivity index is 0.000000980. The summed E-state index contributed by atoms with van der Waals surface area (Å²) in [5.74, 6) is 0. The Morgan fingerprint density at radius 1 is 0.571 bits per heavy atom. The molecule has 0 nitrogen and oxygen atoms in total. The molecule has 0 bridgehead atoms. The molecule has 0 amide bonds. The van der Waals surface area contributed by atoms with E-state index in [4.69, 9.17) is 0 Å². The fourth-order valence-corrected chi connectivity index (χ4v) is 1.29. The molecule has 0 N–H and O–H groups in total. The first kappa shape index (κ1) is 11.5. The van der Waals surface area contributed by atoms with E-state index in [1.54, 1.807) is 0 Å². The van der Waals surface area contributed by atoms with Crippen LogP contribution in [-0.4, -0.2) is 0 Å². The van der Waals surface area contributed by atoms with Crippen molar-refractivity contribution in [3.63, 3.8) is 0 Å². The summed E-state index contributed by atoms with van der Waals surface area (Å²) in [6.45, 7) is 0. The molecule has 0 unspecified atom stereocenters. The van der Waals surface area contributed by atoms with Gasteiger partial charge in [-0.2, -0.15) is 0 Å². The second-order valence-electron chi connectivity index (χ2n) is 2.97. The van der Waals surface area contributed by atoms with Gasteiger partial charge < -0.3 is 0 Å². The summed E-state index contributed by atoms with van der Waals surface area (Å²) in [4.78, 5) is 0. The Hall–Kier alpha value is -0.586. The Labute approximate surface area is 110 Å². The number of hydrogen-bond acceptors (Lipinski definition) is 0. The van der Waals surface area contributed by atoms with Crippen molar-refractivity contribution in [3.05, 3.63) is 78.2 Å². The second kappa shape index (κ2) is 6.00. The van der Waals surface area contributed by atoms with E-state index in [0.717, 1.165) is 0 Å². The molecule has 2 rings (SSSR count). The molecule has 0 saturated carbocycles. The van der Waals surface area contributed by atoms with Crippen LogP contribution in [0.2, 0.25) is 0 Å². The van der Waals surface area contributed by atoms with Gasteiger partial charge in [-0.3, -0.25) is 0 Å². The van der Waals surface area contributed by atoms with Crippen LogP contribution >= 0.6 is 0 Å². The van der Waals surface area contributed by atoms with E-state index < -0.39 is 0 Å². The van der Waals surface area contributed by atoms with Gasteiger partial charge in [-0.15, -0.1) is 41.8 Å². The third kappa shape index (κ3) is 3.28. The molecule has 1 radical (unpaired) electrons. The summed E-state index contributed by atoms with van der Waals surface area (Å²) in [6.07, 6.45) is 2.17. The van der Waals surface area contributed by atoms with Crippen molar-refractivity contribution in [3.8, 4) is 0 Å². The minimum atomic E-state index is 0. The van der Waals surface area contributed by atoms with Crippen LogP contribution in [0, 0.1) is 6.42 Å². The maximum atomic E-state index is 2.17. The number of benzene rings is 2. The monoisotopic (exact) mass is 256 g/mol. The molecule has 2 aromatic carbocycles. The van der Waals surface area contributed by atoms with Crippen LogP contribution in [0.4, 0.5) is 0 Å². The molecule has 0 spiro atoms. The van der Waals surface area contributed by atoms with E-state index >= 15 is 0 Å². The Morgan fingerprint density at radius 3 is 1.29 bits per heavy atom. The van der Waals surface area contributed by atoms with E-state index in [-0.39, 0.29) is 32.7 Å². The standard InChI is InChI=1S/C13H11.Y/c1-3-7-12(8-4-1)11-13-9-5-2-6-10-13;/h1-11H;/q-1;. The molecule has 1 heteroatoms. The third-order valence-corrected chi connectivity index (χ3v) is 1.93. The summed E-state index contributed by atoms with van der Waals surface area (Å²) >= 11 is 0. The summed E-state index contributed by atoms with van der Waals surface area (Å²) in [5, 5.41) is 0. The maximum absolute atomic E-state index is 2.17. The number of hydrogen-bond donors (Lipinski definition) is 0. The van der Waals surface area contributed by atoms with Gasteiger partial charge in [0.05, 0.1) is 0 Å². The Bertz CT molecular complexity index is 316. The van der Waals surface area contributed by atoms with Crippen molar-refractivity contribution in [2.45, 2.75) is 0 Å². The fourth-order valence-electron chi connectivity index (χ4n) is 1.29. The SMILES string of the molecule is [Y].c1ccc([CH-]c2ccccc2)cc1. The molecule has 0 saturated heterocycles. The van der Waals surface area contributed by atoms with Crippen LogP contribution in [0.3, 0.4) is 0 Å². The molecule has 67 valence electrons. The van der Waals surface area contributed by atoms with Gasteiger partial charge in [-0.05, 0) is 0 Å². The largest absolute Gasteiger partial charge is 0.126 e. The molecule has 0 aliphatic carbocycles. The zero-order chi connectivity index (χ0) is 8.93. The van der Waals surface area contributed by atoms with E-state index in [1.165, 1.54) is 11.1 Å². The van der Waals surface area contributed by atoms with E-state index in [1.807, 2.05) is 12.1 Å². The average Bonchev–Trinajstić information content (AvgIpc) is 2.21. The molecule has 0 heterocycles. The van der Waals surface area contributed by atoms with Crippen molar-refractivity contribution in [2.24, 2.45) is 0 Å². The van der Waals surface area contributed by atoms with Gasteiger partial charge >= 0.3 is 0 Å². The summed E-state index contributed by atoms with van der Waals surface area (Å²) in [6, 6.07) is 20.7. The van der Waals surface area contributed by atoms with Gasteiger partial charge in [0.1, 0.15) is 0 Å². The molecule has 0 aliphatic heterocycles. The van der Waals surface area contributed by atoms with Gasteiger partial charge in [0.25, 0.3) is 0 Å². The van der Waals surface area contributed by atoms with Crippen LogP contribution < -0.4 is 0 Å². The molecule has 14 heavy (non-hydrogen) atoms. The fraction of sp³-hybridized carbons (Fsp3) is 0. The maximum Gasteiger partial charge on any atom is 0 e. The first-order valence-corrected chi connectivity index (χ1v) is 4.40. The van der Waals surface area contributed by atoms with Gasteiger partial charge in [0, 0.05) is 32.7 Å². The van der Waals surface area contributed by atoms with Gasteiger partial charge in [-0.1, -0.05) is 36.4 Å². The summed E-state index contributed by atoms with van der Waals surface area (Å²) in [7, 11) is 0. The smallest absolute Gasteiger partial charge is 0 e. The van der Waals surface area contributed by atoms with Crippen molar-refractivity contribution in [1.29, 1.82) is 0 Å². The van der Waals surface area contributed by atoms with Gasteiger partial charge in [0.2, 0.25) is 0 Å². The van der Waals surface area contributed by atoms with E-state index in [9.17, 15) is 0 Å². The number of rotatable bonds is 2. The first-order valence-electron chi connectivity index (χ1n) is 4.40. The molecule has 0 aromatic heterocycles. The van der Waals surface area contributed by atoms with Crippen LogP contribution in [0.5, 0.6) is 0 Å². The zero-order valence-corrected chi connectivity index (χ0v) is 10.8. The molecular weight excluding hydrogens is 245 g/mol. The Morgan fingerprint density at radius 2 is 0.929 bits per heavy atom. The molecular formula is C13H11Y-. The van der Waals surface area contributed by atoms with Crippen molar-refractivity contribution in [2.75, 3.05) is 0 Å². The molecule has 0 atom stereocenters. The van der Waals surface area contributed by atoms with Crippen LogP contribution in [0.25, 0.3) is 0 Å². The molecule has 0 aliphatic rings. The Kier molecular flexibility index (Phi) is 4.93. The van der Waals surface area contributed by atoms with Crippen LogP contribution in [0.15, 0.2) is 60.7 Å². The van der Waals surface area contributed by atoms with E-state index in [0.29, 0.717) is 0 Å². The van der Waals surface area contributed by atoms with Gasteiger partial charge in [0.15, 0.2) is 0 Å². The predicted molar refractivity (Wildman–Crippen MR) is 55.4 cm³/mol. The minimum absolute atomic E-state index is 0. The quantitative estimate of drug-likeness (QED) is 0.723. The average molecular weight is 256 g/mol. The normalized spacial score (nSPS) is 8.86. The minimum Gasteiger partial charge on any atom is -0.126 e. The van der Waals surface area contributed by atoms with Crippen molar-refractivity contribution < 1.29 is 32.7 Å². The summed E-state index contributed by atoms with van der Waals surface area (Å²) < 4.78 is 0. The predicted octanol–water partition coefficient (Wildman–Crippen LogP) is 3.28.